The van der Waals surface area contributed by atoms with Crippen molar-refractivity contribution in [1.29, 1.82) is 0 Å². The van der Waals surface area contributed by atoms with E-state index in [0.717, 1.165) is 11.1 Å². The lowest BCUT2D eigenvalue weighted by molar-refractivity contribution is -0.136. The highest BCUT2D eigenvalue weighted by Crippen LogP contribution is 2.24. The van der Waals surface area contributed by atoms with Crippen molar-refractivity contribution in [3.63, 3.8) is 0 Å². The molecule has 1 N–H and O–H groups in total. The first-order valence-electron chi connectivity index (χ1n) is 9.16. The lowest BCUT2D eigenvalue weighted by Crippen LogP contribution is -2.19. The number of anilines is 1. The second-order valence-corrected chi connectivity index (χ2v) is 6.67. The van der Waals surface area contributed by atoms with Gasteiger partial charge >= 0.3 is 5.97 Å². The Bertz CT molecular complexity index is 1170. The SMILES string of the molecule is Cc1nnnn1/C(=C\c1ccccc1)C(=O)OCC(=O)c1ccc2c(c1)CC(=O)N2. The number of carbonyl (C=O) groups excluding carboxylic acids is 3. The molecule has 1 amide bonds. The maximum absolute atomic E-state index is 12.8. The van der Waals surface area contributed by atoms with Crippen molar-refractivity contribution in [3.05, 3.63) is 71.0 Å². The van der Waals surface area contributed by atoms with Crippen molar-refractivity contribution in [2.75, 3.05) is 11.9 Å². The van der Waals surface area contributed by atoms with Gasteiger partial charge in [-0.2, -0.15) is 4.68 Å². The second kappa shape index (κ2) is 8.08. The fourth-order valence-corrected chi connectivity index (χ4v) is 3.06. The van der Waals surface area contributed by atoms with Crippen LogP contribution in [-0.2, 0) is 20.7 Å². The minimum Gasteiger partial charge on any atom is -0.453 e. The van der Waals surface area contributed by atoms with Crippen LogP contribution in [0.3, 0.4) is 0 Å². The van der Waals surface area contributed by atoms with Crippen LogP contribution in [0.5, 0.6) is 0 Å². The number of aryl methyl sites for hydroxylation is 1. The van der Waals surface area contributed by atoms with E-state index in [1.807, 2.05) is 30.3 Å². The molecule has 9 nitrogen and oxygen atoms in total. The number of fused-ring (bicyclic) bond motifs is 1. The van der Waals surface area contributed by atoms with Gasteiger partial charge in [-0.3, -0.25) is 9.59 Å². The Balaban J connectivity index is 1.51. The fraction of sp³-hybridized carbons (Fsp3) is 0.143. The Morgan fingerprint density at radius 2 is 2.00 bits per heavy atom. The summed E-state index contributed by atoms with van der Waals surface area (Å²) in [5.74, 6) is -0.830. The van der Waals surface area contributed by atoms with E-state index in [2.05, 4.69) is 20.8 Å². The van der Waals surface area contributed by atoms with Crippen LogP contribution < -0.4 is 5.32 Å². The smallest absolute Gasteiger partial charge is 0.357 e. The third-order valence-electron chi connectivity index (χ3n) is 4.55. The van der Waals surface area contributed by atoms with Gasteiger partial charge in [-0.25, -0.2) is 4.79 Å². The second-order valence-electron chi connectivity index (χ2n) is 6.67. The van der Waals surface area contributed by atoms with Gasteiger partial charge in [0.05, 0.1) is 6.42 Å². The lowest BCUT2D eigenvalue weighted by Gasteiger charge is -2.09. The zero-order chi connectivity index (χ0) is 21.1. The molecule has 0 bridgehead atoms. The number of nitrogens with zero attached hydrogens (tertiary/aromatic N) is 4. The molecule has 1 aromatic heterocycles. The van der Waals surface area contributed by atoms with Gasteiger partial charge < -0.3 is 10.1 Å². The molecule has 3 aromatic rings. The number of benzene rings is 2. The molecule has 9 heteroatoms. The van der Waals surface area contributed by atoms with E-state index in [0.29, 0.717) is 17.1 Å². The molecule has 0 saturated carbocycles. The number of rotatable bonds is 6. The Morgan fingerprint density at radius 1 is 1.20 bits per heavy atom. The molecule has 0 atom stereocenters. The third-order valence-corrected chi connectivity index (χ3v) is 4.55. The highest BCUT2D eigenvalue weighted by Gasteiger charge is 2.22. The van der Waals surface area contributed by atoms with E-state index in [1.165, 1.54) is 4.68 Å². The highest BCUT2D eigenvalue weighted by molar-refractivity contribution is 6.16. The zero-order valence-corrected chi connectivity index (χ0v) is 16.0. The summed E-state index contributed by atoms with van der Waals surface area (Å²) in [7, 11) is 0. The maximum atomic E-state index is 12.8. The molecule has 4 rings (SSSR count). The Labute approximate surface area is 171 Å². The molecule has 0 saturated heterocycles. The largest absolute Gasteiger partial charge is 0.453 e. The topological polar surface area (TPSA) is 116 Å². The highest BCUT2D eigenvalue weighted by atomic mass is 16.5. The number of Topliss-reactive ketones (excluding diaryl/α,β-unsaturated/α-hetero) is 1. The number of esters is 1. The normalized spacial score (nSPS) is 13.0. The van der Waals surface area contributed by atoms with Crippen LogP contribution in [0.2, 0.25) is 0 Å². The Morgan fingerprint density at radius 3 is 2.73 bits per heavy atom. The maximum Gasteiger partial charge on any atom is 0.357 e. The number of carbonyl (C=O) groups is 3. The molecular formula is C21H17N5O4. The quantitative estimate of drug-likeness (QED) is 0.380. The van der Waals surface area contributed by atoms with E-state index < -0.39 is 12.6 Å². The van der Waals surface area contributed by atoms with Crippen LogP contribution in [0.15, 0.2) is 48.5 Å². The monoisotopic (exact) mass is 403 g/mol. The van der Waals surface area contributed by atoms with Crippen molar-refractivity contribution in [3.8, 4) is 0 Å². The first kappa shape index (κ1) is 19.2. The van der Waals surface area contributed by atoms with Crippen molar-refractivity contribution in [2.45, 2.75) is 13.3 Å². The van der Waals surface area contributed by atoms with E-state index >= 15 is 0 Å². The number of aromatic nitrogens is 4. The molecule has 1 aliphatic heterocycles. The summed E-state index contributed by atoms with van der Waals surface area (Å²) < 4.78 is 6.51. The summed E-state index contributed by atoms with van der Waals surface area (Å²) in [6.45, 7) is 1.20. The summed E-state index contributed by atoms with van der Waals surface area (Å²) >= 11 is 0. The summed E-state index contributed by atoms with van der Waals surface area (Å²) in [6, 6.07) is 14.0. The van der Waals surface area contributed by atoms with Gasteiger partial charge in [-0.15, -0.1) is 5.10 Å². The van der Waals surface area contributed by atoms with E-state index in [9.17, 15) is 14.4 Å². The number of hydrogen-bond donors (Lipinski definition) is 1. The van der Waals surface area contributed by atoms with Gasteiger partial charge in [0.1, 0.15) is 0 Å². The van der Waals surface area contributed by atoms with Gasteiger partial charge in [0.25, 0.3) is 0 Å². The Kier molecular flexibility index (Phi) is 5.17. The lowest BCUT2D eigenvalue weighted by atomic mass is 10.1. The first-order chi connectivity index (χ1) is 14.5. The van der Waals surface area contributed by atoms with Crippen LogP contribution in [0.4, 0.5) is 5.69 Å². The number of ether oxygens (including phenoxy) is 1. The number of tetrazole rings is 1. The molecule has 0 unspecified atom stereocenters. The minimum atomic E-state index is -0.736. The molecule has 0 spiro atoms. The van der Waals surface area contributed by atoms with Gasteiger partial charge in [0, 0.05) is 11.3 Å². The van der Waals surface area contributed by atoms with Crippen LogP contribution in [0, 0.1) is 6.92 Å². The predicted molar refractivity (Wildman–Crippen MR) is 107 cm³/mol. The predicted octanol–water partition coefficient (Wildman–Crippen LogP) is 1.90. The molecule has 2 heterocycles. The van der Waals surface area contributed by atoms with Gasteiger partial charge in [0.15, 0.2) is 23.9 Å². The van der Waals surface area contributed by atoms with Crippen LogP contribution in [0.25, 0.3) is 11.8 Å². The molecule has 0 aliphatic carbocycles. The van der Waals surface area contributed by atoms with E-state index in [-0.39, 0.29) is 23.8 Å². The van der Waals surface area contributed by atoms with Crippen LogP contribution >= 0.6 is 0 Å². The molecule has 30 heavy (non-hydrogen) atoms. The van der Waals surface area contributed by atoms with E-state index in [4.69, 9.17) is 4.74 Å². The van der Waals surface area contributed by atoms with Crippen molar-refractivity contribution in [2.24, 2.45) is 0 Å². The summed E-state index contributed by atoms with van der Waals surface area (Å²) in [5.41, 5.74) is 2.63. The van der Waals surface area contributed by atoms with Gasteiger partial charge in [-0.1, -0.05) is 30.3 Å². The third kappa shape index (κ3) is 4.00. The number of ketones is 1. The van der Waals surface area contributed by atoms with Gasteiger partial charge in [0.2, 0.25) is 5.91 Å². The number of amides is 1. The fourth-order valence-electron chi connectivity index (χ4n) is 3.06. The average molecular weight is 403 g/mol. The molecule has 0 radical (unpaired) electrons. The first-order valence-corrected chi connectivity index (χ1v) is 9.16. The molecule has 2 aromatic carbocycles. The number of hydrogen-bond acceptors (Lipinski definition) is 7. The molecular weight excluding hydrogens is 386 g/mol. The summed E-state index contributed by atoms with van der Waals surface area (Å²) in [5, 5.41) is 13.9. The zero-order valence-electron chi connectivity index (χ0n) is 16.0. The molecule has 150 valence electrons. The van der Waals surface area contributed by atoms with Crippen molar-refractivity contribution in [1.82, 2.24) is 20.2 Å². The van der Waals surface area contributed by atoms with Crippen molar-refractivity contribution >= 4 is 35.1 Å². The average Bonchev–Trinajstić information content (AvgIpc) is 3.34. The molecule has 1 aliphatic rings. The summed E-state index contributed by atoms with van der Waals surface area (Å²) in [6.07, 6.45) is 1.81. The minimum absolute atomic E-state index is 0.0836. The van der Waals surface area contributed by atoms with Gasteiger partial charge in [-0.05, 0) is 52.8 Å². The number of nitrogens with one attached hydrogen (secondary N) is 1. The van der Waals surface area contributed by atoms with Crippen LogP contribution in [-0.4, -0.2) is 44.5 Å². The Hall–Kier alpha value is -4.14. The molecule has 0 fully saturated rings. The van der Waals surface area contributed by atoms with E-state index in [1.54, 1.807) is 31.2 Å². The standard InChI is InChI=1S/C21H17N5O4/c1-13-23-24-25-26(13)18(9-14-5-3-2-4-6-14)21(29)30-12-19(27)15-7-8-17-16(10-15)11-20(28)22-17/h2-10H,11-12H2,1H3,(H,22,28)/b18-9-. The van der Waals surface area contributed by atoms with Crippen LogP contribution in [0.1, 0.15) is 27.3 Å². The summed E-state index contributed by atoms with van der Waals surface area (Å²) in [4.78, 5) is 36.7. The van der Waals surface area contributed by atoms with Crippen molar-refractivity contribution < 1.29 is 19.1 Å².